The van der Waals surface area contributed by atoms with Crippen LogP contribution in [0, 0.1) is 0 Å². The minimum Gasteiger partial charge on any atom is -0.469 e. The largest absolute Gasteiger partial charge is 0.469 e. The van der Waals surface area contributed by atoms with E-state index in [0.717, 1.165) is 10.5 Å². The summed E-state index contributed by atoms with van der Waals surface area (Å²) in [5, 5.41) is 0.618. The van der Waals surface area contributed by atoms with Crippen molar-refractivity contribution < 1.29 is 9.53 Å². The van der Waals surface area contributed by atoms with Gasteiger partial charge in [0.1, 0.15) is 0 Å². The lowest BCUT2D eigenvalue weighted by molar-refractivity contribution is -0.140. The third-order valence-corrected chi connectivity index (χ3v) is 3.80. The summed E-state index contributed by atoms with van der Waals surface area (Å²) in [4.78, 5) is 16.1. The molecule has 90 valence electrons. The van der Waals surface area contributed by atoms with Gasteiger partial charge in [-0.2, -0.15) is 0 Å². The number of halogens is 1. The van der Waals surface area contributed by atoms with Gasteiger partial charge in [-0.15, -0.1) is 11.8 Å². The van der Waals surface area contributed by atoms with Crippen LogP contribution in [0.15, 0.2) is 29.6 Å². The number of ether oxygens (including phenoxy) is 1. The monoisotopic (exact) mass is 270 g/mol. The molecule has 4 nitrogen and oxygen atoms in total. The molecule has 2 aromatic heterocycles. The molecule has 0 fully saturated rings. The molecule has 17 heavy (non-hydrogen) atoms. The molecule has 0 saturated carbocycles. The van der Waals surface area contributed by atoms with E-state index >= 15 is 0 Å². The van der Waals surface area contributed by atoms with E-state index in [9.17, 15) is 4.79 Å². The number of pyridine rings is 1. The van der Waals surface area contributed by atoms with Crippen LogP contribution in [0.1, 0.15) is 6.42 Å². The first kappa shape index (κ1) is 12.3. The molecule has 0 saturated heterocycles. The van der Waals surface area contributed by atoms with Crippen LogP contribution in [-0.4, -0.2) is 28.2 Å². The van der Waals surface area contributed by atoms with Crippen molar-refractivity contribution in [1.29, 1.82) is 0 Å². The van der Waals surface area contributed by atoms with E-state index in [4.69, 9.17) is 11.6 Å². The highest BCUT2D eigenvalue weighted by Gasteiger charge is 2.08. The van der Waals surface area contributed by atoms with Crippen LogP contribution in [0.2, 0.25) is 5.02 Å². The molecule has 2 heterocycles. The Bertz CT molecular complexity index is 541. The lowest BCUT2D eigenvalue weighted by Crippen LogP contribution is -2.01. The van der Waals surface area contributed by atoms with Crippen LogP contribution >= 0.6 is 23.4 Å². The molecule has 0 aromatic carbocycles. The zero-order valence-corrected chi connectivity index (χ0v) is 10.8. The lowest BCUT2D eigenvalue weighted by atomic mass is 10.5. The number of thioether (sulfide) groups is 1. The van der Waals surface area contributed by atoms with Crippen LogP contribution < -0.4 is 0 Å². The maximum atomic E-state index is 11.0. The summed E-state index contributed by atoms with van der Waals surface area (Å²) in [6.45, 7) is 0. The fourth-order valence-electron chi connectivity index (χ4n) is 1.39. The highest BCUT2D eigenvalue weighted by Crippen LogP contribution is 2.30. The fraction of sp³-hybridized carbons (Fsp3) is 0.273. The van der Waals surface area contributed by atoms with Gasteiger partial charge in [0.2, 0.25) is 0 Å². The van der Waals surface area contributed by atoms with E-state index < -0.39 is 0 Å². The third kappa shape index (κ3) is 2.73. The highest BCUT2D eigenvalue weighted by atomic mass is 35.5. The molecule has 0 amide bonds. The molecule has 0 N–H and O–H groups in total. The first-order chi connectivity index (χ1) is 8.22. The maximum Gasteiger partial charge on any atom is 0.306 e. The second-order valence-electron chi connectivity index (χ2n) is 3.33. The number of hydrogen-bond acceptors (Lipinski definition) is 4. The van der Waals surface area contributed by atoms with Gasteiger partial charge in [0.05, 0.1) is 18.6 Å². The molecule has 0 bridgehead atoms. The summed E-state index contributed by atoms with van der Waals surface area (Å²) in [6, 6.07) is 1.92. The predicted octanol–water partition coefficient (Wildman–Crippen LogP) is 2.64. The van der Waals surface area contributed by atoms with Crippen molar-refractivity contribution in [2.45, 2.75) is 11.3 Å². The lowest BCUT2D eigenvalue weighted by Gasteiger charge is -2.04. The van der Waals surface area contributed by atoms with E-state index in [-0.39, 0.29) is 5.97 Å². The Morgan fingerprint density at radius 3 is 3.18 bits per heavy atom. The average molecular weight is 271 g/mol. The van der Waals surface area contributed by atoms with Gasteiger partial charge in [-0.25, -0.2) is 4.98 Å². The van der Waals surface area contributed by atoms with Gasteiger partial charge in [-0.3, -0.25) is 4.79 Å². The van der Waals surface area contributed by atoms with E-state index in [1.807, 2.05) is 22.9 Å². The number of esters is 1. The molecule has 0 radical (unpaired) electrons. The summed E-state index contributed by atoms with van der Waals surface area (Å²) in [5.41, 5.74) is 0.731. The average Bonchev–Trinajstić information content (AvgIpc) is 2.81. The van der Waals surface area contributed by atoms with E-state index in [2.05, 4.69) is 9.72 Å². The van der Waals surface area contributed by atoms with Crippen LogP contribution in [0.5, 0.6) is 0 Å². The van der Waals surface area contributed by atoms with Crippen LogP contribution in [0.25, 0.3) is 5.65 Å². The van der Waals surface area contributed by atoms with Gasteiger partial charge >= 0.3 is 5.97 Å². The number of nitrogens with zero attached hydrogens (tertiary/aromatic N) is 2. The van der Waals surface area contributed by atoms with Crippen LogP contribution in [-0.2, 0) is 9.53 Å². The van der Waals surface area contributed by atoms with E-state index in [1.54, 1.807) is 6.20 Å². The van der Waals surface area contributed by atoms with Gasteiger partial charge in [-0.05, 0) is 6.07 Å². The summed E-state index contributed by atoms with van der Waals surface area (Å²) >= 11 is 7.73. The smallest absolute Gasteiger partial charge is 0.306 e. The molecule has 0 aliphatic rings. The van der Waals surface area contributed by atoms with Gasteiger partial charge in [-0.1, -0.05) is 11.6 Å². The normalized spacial score (nSPS) is 10.7. The van der Waals surface area contributed by atoms with Crippen molar-refractivity contribution in [3.05, 3.63) is 29.7 Å². The summed E-state index contributed by atoms with van der Waals surface area (Å²) in [6.07, 6.45) is 5.81. The second-order valence-corrected chi connectivity index (χ2v) is 4.84. The molecule has 2 rings (SSSR count). The molecule has 0 spiro atoms. The SMILES string of the molecule is COC(=O)CCSc1ccn2ccnc2c1Cl. The van der Waals surface area contributed by atoms with Gasteiger partial charge in [0.25, 0.3) is 0 Å². The summed E-state index contributed by atoms with van der Waals surface area (Å²) in [5.74, 6) is 0.430. The molecule has 0 unspecified atom stereocenters. The molecule has 0 aliphatic carbocycles. The van der Waals surface area contributed by atoms with Gasteiger partial charge < -0.3 is 9.14 Å². The zero-order chi connectivity index (χ0) is 12.3. The first-order valence-electron chi connectivity index (χ1n) is 5.03. The predicted molar refractivity (Wildman–Crippen MR) is 67.6 cm³/mol. The third-order valence-electron chi connectivity index (χ3n) is 2.26. The number of hydrogen-bond donors (Lipinski definition) is 0. The fourth-order valence-corrected chi connectivity index (χ4v) is 2.63. The van der Waals surface area contributed by atoms with Crippen molar-refractivity contribution in [3.63, 3.8) is 0 Å². The summed E-state index contributed by atoms with van der Waals surface area (Å²) in [7, 11) is 1.39. The molecule has 0 aliphatic heterocycles. The quantitative estimate of drug-likeness (QED) is 0.633. The maximum absolute atomic E-state index is 11.0. The molecular formula is C11H11ClN2O2S. The molecular weight excluding hydrogens is 260 g/mol. The van der Waals surface area contributed by atoms with Gasteiger partial charge in [0.15, 0.2) is 5.65 Å². The van der Waals surface area contributed by atoms with E-state index in [1.165, 1.54) is 18.9 Å². The first-order valence-corrected chi connectivity index (χ1v) is 6.39. The Morgan fingerprint density at radius 1 is 1.59 bits per heavy atom. The molecule has 2 aromatic rings. The van der Waals surface area contributed by atoms with Crippen molar-refractivity contribution in [3.8, 4) is 0 Å². The van der Waals surface area contributed by atoms with Crippen molar-refractivity contribution in [2.75, 3.05) is 12.9 Å². The van der Waals surface area contributed by atoms with Crippen molar-refractivity contribution in [2.24, 2.45) is 0 Å². The van der Waals surface area contributed by atoms with Gasteiger partial charge in [0, 0.05) is 29.2 Å². The number of imidazole rings is 1. The highest BCUT2D eigenvalue weighted by molar-refractivity contribution is 7.99. The Morgan fingerprint density at radius 2 is 2.41 bits per heavy atom. The molecule has 6 heteroatoms. The number of carbonyl (C=O) groups excluding carboxylic acids is 1. The standard InChI is InChI=1S/C11H11ClN2O2S/c1-16-9(15)3-7-17-8-2-5-14-6-4-13-11(14)10(8)12/h2,4-6H,3,7H2,1H3. The number of rotatable bonds is 4. The minimum absolute atomic E-state index is 0.212. The number of methoxy groups -OCH3 is 1. The Hall–Kier alpha value is -1.20. The van der Waals surface area contributed by atoms with E-state index in [0.29, 0.717) is 17.2 Å². The Balaban J connectivity index is 2.08. The van der Waals surface area contributed by atoms with Crippen LogP contribution in [0.4, 0.5) is 0 Å². The Kier molecular flexibility index (Phi) is 3.91. The summed E-state index contributed by atoms with van der Waals surface area (Å²) < 4.78 is 6.43. The second kappa shape index (κ2) is 5.42. The van der Waals surface area contributed by atoms with Crippen molar-refractivity contribution >= 4 is 35.0 Å². The topological polar surface area (TPSA) is 43.6 Å². The minimum atomic E-state index is -0.212. The van der Waals surface area contributed by atoms with Crippen molar-refractivity contribution in [1.82, 2.24) is 9.38 Å². The number of aromatic nitrogens is 2. The molecule has 0 atom stereocenters. The number of fused-ring (bicyclic) bond motifs is 1. The zero-order valence-electron chi connectivity index (χ0n) is 9.22. The number of carbonyl (C=O) groups is 1. The van der Waals surface area contributed by atoms with Crippen LogP contribution in [0.3, 0.4) is 0 Å². The Labute approximate surface area is 108 Å².